The van der Waals surface area contributed by atoms with Crippen LogP contribution >= 0.6 is 0 Å². The fraction of sp³-hybridized carbons (Fsp3) is 0.538. The van der Waals surface area contributed by atoms with E-state index >= 15 is 0 Å². The lowest BCUT2D eigenvalue weighted by atomic mass is 9.98. The Morgan fingerprint density at radius 3 is 2.42 bits per heavy atom. The Labute approximate surface area is 110 Å². The molecule has 3 rings (SSSR count). The Kier molecular flexibility index (Phi) is 3.53. The Balaban J connectivity index is 1.75. The average molecular weight is 268 g/mol. The highest BCUT2D eigenvalue weighted by Gasteiger charge is 2.48. The van der Waals surface area contributed by atoms with Crippen LogP contribution in [-0.2, 0) is 14.2 Å². The van der Waals surface area contributed by atoms with Crippen molar-refractivity contribution in [3.05, 3.63) is 35.9 Å². The van der Waals surface area contributed by atoms with Gasteiger partial charge in [0, 0.05) is 5.56 Å². The molecule has 0 spiro atoms. The molecule has 0 bridgehead atoms. The first-order valence-corrected chi connectivity index (χ1v) is 6.18. The van der Waals surface area contributed by atoms with Crippen molar-refractivity contribution in [2.24, 2.45) is 0 Å². The second-order valence-corrected chi connectivity index (χ2v) is 4.72. The van der Waals surface area contributed by atoms with Gasteiger partial charge in [-0.2, -0.15) is 0 Å². The van der Waals surface area contributed by atoms with E-state index in [-0.39, 0.29) is 6.61 Å². The summed E-state index contributed by atoms with van der Waals surface area (Å²) in [5.74, 6) is 0. The molecule has 1 aromatic rings. The average Bonchev–Trinajstić information content (AvgIpc) is 2.46. The standard InChI is InChI=1S/C13H16O6/c14-9-10(15)12(16)18-8-6-17-13(19-11(8)9)7-4-2-1-3-5-7/h1-5,8-16H,6H2/t8-,9+,10+,11-,12-,13-/m0/s1. The molecule has 2 saturated heterocycles. The molecule has 6 heteroatoms. The lowest BCUT2D eigenvalue weighted by Gasteiger charge is -2.45. The van der Waals surface area contributed by atoms with Crippen molar-refractivity contribution in [3.8, 4) is 0 Å². The van der Waals surface area contributed by atoms with Crippen molar-refractivity contribution < 1.29 is 29.5 Å². The monoisotopic (exact) mass is 268 g/mol. The van der Waals surface area contributed by atoms with Gasteiger partial charge >= 0.3 is 0 Å². The minimum atomic E-state index is -1.42. The maximum absolute atomic E-state index is 9.94. The zero-order valence-electron chi connectivity index (χ0n) is 10.1. The summed E-state index contributed by atoms with van der Waals surface area (Å²) in [7, 11) is 0. The molecule has 2 aliphatic rings. The second kappa shape index (κ2) is 5.16. The first-order chi connectivity index (χ1) is 9.16. The molecule has 3 N–H and O–H groups in total. The highest BCUT2D eigenvalue weighted by atomic mass is 16.7. The van der Waals surface area contributed by atoms with Crippen LogP contribution in [0.15, 0.2) is 30.3 Å². The van der Waals surface area contributed by atoms with E-state index < -0.39 is 37.0 Å². The molecule has 2 heterocycles. The van der Waals surface area contributed by atoms with Crippen molar-refractivity contribution >= 4 is 0 Å². The quantitative estimate of drug-likeness (QED) is 0.639. The van der Waals surface area contributed by atoms with Gasteiger partial charge in [0.25, 0.3) is 0 Å². The fourth-order valence-corrected chi connectivity index (χ4v) is 2.37. The van der Waals surface area contributed by atoms with E-state index in [1.54, 1.807) is 0 Å². The van der Waals surface area contributed by atoms with Crippen molar-refractivity contribution in [1.29, 1.82) is 0 Å². The smallest absolute Gasteiger partial charge is 0.184 e. The summed E-state index contributed by atoms with van der Waals surface area (Å²) < 4.78 is 16.3. The van der Waals surface area contributed by atoms with E-state index in [4.69, 9.17) is 14.2 Å². The molecule has 0 aromatic heterocycles. The molecule has 0 radical (unpaired) electrons. The molecule has 6 nitrogen and oxygen atoms in total. The molecular weight excluding hydrogens is 252 g/mol. The van der Waals surface area contributed by atoms with E-state index in [0.29, 0.717) is 0 Å². The number of benzene rings is 1. The Morgan fingerprint density at radius 1 is 0.947 bits per heavy atom. The van der Waals surface area contributed by atoms with Crippen molar-refractivity contribution in [3.63, 3.8) is 0 Å². The van der Waals surface area contributed by atoms with Crippen LogP contribution in [0.3, 0.4) is 0 Å². The Morgan fingerprint density at radius 2 is 1.68 bits per heavy atom. The highest BCUT2D eigenvalue weighted by Crippen LogP contribution is 2.33. The summed E-state index contributed by atoms with van der Waals surface area (Å²) in [6.07, 6.45) is -5.93. The van der Waals surface area contributed by atoms with E-state index in [1.165, 1.54) is 0 Å². The lowest BCUT2D eigenvalue weighted by molar-refractivity contribution is -0.354. The molecule has 2 aliphatic heterocycles. The number of aliphatic hydroxyl groups is 3. The summed E-state index contributed by atoms with van der Waals surface area (Å²) in [5, 5.41) is 29.0. The first kappa shape index (κ1) is 13.0. The van der Waals surface area contributed by atoms with Crippen LogP contribution in [-0.4, -0.2) is 52.6 Å². The third-order valence-corrected chi connectivity index (χ3v) is 3.42. The normalized spacial score (nSPS) is 42.7. The molecule has 0 aliphatic carbocycles. The summed E-state index contributed by atoms with van der Waals surface area (Å²) in [4.78, 5) is 0. The zero-order chi connectivity index (χ0) is 13.4. The van der Waals surface area contributed by atoms with Crippen molar-refractivity contribution in [2.45, 2.75) is 37.0 Å². The third-order valence-electron chi connectivity index (χ3n) is 3.42. The van der Waals surface area contributed by atoms with Gasteiger partial charge in [-0.25, -0.2) is 0 Å². The van der Waals surface area contributed by atoms with E-state index in [0.717, 1.165) is 5.56 Å². The van der Waals surface area contributed by atoms with E-state index in [2.05, 4.69) is 0 Å². The van der Waals surface area contributed by atoms with Crippen LogP contribution in [0.5, 0.6) is 0 Å². The predicted octanol–water partition coefficient (Wildman–Crippen LogP) is -0.460. The predicted molar refractivity (Wildman–Crippen MR) is 62.9 cm³/mol. The van der Waals surface area contributed by atoms with Gasteiger partial charge in [0.2, 0.25) is 0 Å². The molecule has 0 unspecified atom stereocenters. The molecule has 6 atom stereocenters. The van der Waals surface area contributed by atoms with Crippen LogP contribution in [0.1, 0.15) is 11.9 Å². The van der Waals surface area contributed by atoms with E-state index in [9.17, 15) is 15.3 Å². The van der Waals surface area contributed by atoms with Crippen molar-refractivity contribution in [1.82, 2.24) is 0 Å². The van der Waals surface area contributed by atoms with Gasteiger partial charge in [-0.3, -0.25) is 0 Å². The molecule has 1 aromatic carbocycles. The summed E-state index contributed by atoms with van der Waals surface area (Å²) in [6.45, 7) is 0.186. The number of aliphatic hydroxyl groups excluding tert-OH is 3. The molecule has 0 saturated carbocycles. The minimum absolute atomic E-state index is 0.186. The maximum Gasteiger partial charge on any atom is 0.184 e. The van der Waals surface area contributed by atoms with Gasteiger partial charge in [0.05, 0.1) is 6.61 Å². The number of hydrogen-bond acceptors (Lipinski definition) is 6. The first-order valence-electron chi connectivity index (χ1n) is 6.18. The van der Waals surface area contributed by atoms with Crippen LogP contribution < -0.4 is 0 Å². The molecular formula is C13H16O6. The third kappa shape index (κ3) is 2.38. The van der Waals surface area contributed by atoms with E-state index in [1.807, 2.05) is 30.3 Å². The van der Waals surface area contributed by atoms with Crippen LogP contribution in [0.4, 0.5) is 0 Å². The van der Waals surface area contributed by atoms with Gasteiger partial charge in [0.15, 0.2) is 12.6 Å². The van der Waals surface area contributed by atoms with Gasteiger partial charge in [-0.15, -0.1) is 0 Å². The number of ether oxygens (including phenoxy) is 3. The fourth-order valence-electron chi connectivity index (χ4n) is 2.37. The van der Waals surface area contributed by atoms with Gasteiger partial charge in [-0.05, 0) is 0 Å². The van der Waals surface area contributed by atoms with Gasteiger partial charge in [-0.1, -0.05) is 30.3 Å². The zero-order valence-corrected chi connectivity index (χ0v) is 10.1. The molecule has 2 fully saturated rings. The van der Waals surface area contributed by atoms with Gasteiger partial charge < -0.3 is 29.5 Å². The lowest BCUT2D eigenvalue weighted by Crippen LogP contribution is -2.61. The van der Waals surface area contributed by atoms with Crippen LogP contribution in [0.2, 0.25) is 0 Å². The number of fused-ring (bicyclic) bond motifs is 1. The number of hydrogen-bond donors (Lipinski definition) is 3. The SMILES string of the molecule is O[C@@H]1[C@@H](O)[C@@H](O)O[C@H]2CO[C@H](c3ccccc3)O[C@H]12. The Hall–Kier alpha value is -1.02. The minimum Gasteiger partial charge on any atom is -0.387 e. The highest BCUT2D eigenvalue weighted by molar-refractivity contribution is 5.16. The molecule has 0 amide bonds. The topological polar surface area (TPSA) is 88.4 Å². The molecule has 104 valence electrons. The maximum atomic E-state index is 9.94. The van der Waals surface area contributed by atoms with Gasteiger partial charge in [0.1, 0.15) is 24.4 Å². The van der Waals surface area contributed by atoms with Crippen LogP contribution in [0, 0.1) is 0 Å². The number of rotatable bonds is 1. The summed E-state index contributed by atoms with van der Waals surface area (Å²) in [6, 6.07) is 9.31. The largest absolute Gasteiger partial charge is 0.387 e. The molecule has 19 heavy (non-hydrogen) atoms. The van der Waals surface area contributed by atoms with Crippen LogP contribution in [0.25, 0.3) is 0 Å². The second-order valence-electron chi connectivity index (χ2n) is 4.72. The van der Waals surface area contributed by atoms with Crippen molar-refractivity contribution in [2.75, 3.05) is 6.61 Å². The Bertz CT molecular complexity index is 422. The summed E-state index contributed by atoms with van der Waals surface area (Å²) >= 11 is 0. The summed E-state index contributed by atoms with van der Waals surface area (Å²) in [5.41, 5.74) is 0.828.